The van der Waals surface area contributed by atoms with E-state index in [0.717, 1.165) is 0 Å². The molecule has 3 N–H and O–H groups in total. The van der Waals surface area contributed by atoms with Gasteiger partial charge in [-0.25, -0.2) is 13.1 Å². The Morgan fingerprint density at radius 1 is 1.33 bits per heavy atom. The zero-order chi connectivity index (χ0) is 13.6. The average molecular weight is 281 g/mol. The van der Waals surface area contributed by atoms with Crippen LogP contribution in [-0.4, -0.2) is 55.7 Å². The molecule has 1 heterocycles. The van der Waals surface area contributed by atoms with Gasteiger partial charge in [-0.05, 0) is 19.3 Å². The number of hydrogen-bond donors (Lipinski definition) is 3. The first-order valence-corrected chi connectivity index (χ1v) is 7.46. The fraction of sp³-hybridized carbons (Fsp3) is 0.900. The summed E-state index contributed by atoms with van der Waals surface area (Å²) in [6, 6.07) is 0. The molecule has 0 aliphatic carbocycles. The highest BCUT2D eigenvalue weighted by molar-refractivity contribution is 7.89. The highest BCUT2D eigenvalue weighted by Gasteiger charge is 2.35. The van der Waals surface area contributed by atoms with Gasteiger partial charge < -0.3 is 14.9 Å². The molecule has 0 bridgehead atoms. The van der Waals surface area contributed by atoms with Crippen LogP contribution in [-0.2, 0) is 19.6 Å². The number of carbonyl (C=O) groups is 1. The Kier molecular flexibility index (Phi) is 5.51. The van der Waals surface area contributed by atoms with Crippen LogP contribution in [0.1, 0.15) is 25.7 Å². The molecule has 1 rings (SSSR count). The van der Waals surface area contributed by atoms with Crippen molar-refractivity contribution < 1.29 is 28.2 Å². The Labute approximate surface area is 106 Å². The highest BCUT2D eigenvalue weighted by atomic mass is 32.2. The van der Waals surface area contributed by atoms with Gasteiger partial charge in [-0.15, -0.1) is 0 Å². The first-order valence-electron chi connectivity index (χ1n) is 5.81. The average Bonchev–Trinajstić information content (AvgIpc) is 2.28. The van der Waals surface area contributed by atoms with Crippen molar-refractivity contribution in [2.75, 3.05) is 25.6 Å². The van der Waals surface area contributed by atoms with Crippen LogP contribution in [0.4, 0.5) is 0 Å². The van der Waals surface area contributed by atoms with Gasteiger partial charge >= 0.3 is 5.97 Å². The van der Waals surface area contributed by atoms with Gasteiger partial charge in [-0.3, -0.25) is 4.79 Å². The second-order valence-electron chi connectivity index (χ2n) is 4.47. The molecular formula is C10H19NO6S. The van der Waals surface area contributed by atoms with E-state index in [1.54, 1.807) is 0 Å². The van der Waals surface area contributed by atoms with Gasteiger partial charge in [0.15, 0.2) is 0 Å². The van der Waals surface area contributed by atoms with Crippen LogP contribution in [0.15, 0.2) is 0 Å². The minimum atomic E-state index is -3.58. The van der Waals surface area contributed by atoms with Crippen LogP contribution < -0.4 is 4.72 Å². The molecule has 0 radical (unpaired) electrons. The maximum Gasteiger partial charge on any atom is 0.303 e. The van der Waals surface area contributed by atoms with E-state index in [9.17, 15) is 18.3 Å². The third-order valence-electron chi connectivity index (χ3n) is 2.93. The van der Waals surface area contributed by atoms with Crippen LogP contribution in [0.25, 0.3) is 0 Å². The predicted molar refractivity (Wildman–Crippen MR) is 63.7 cm³/mol. The summed E-state index contributed by atoms with van der Waals surface area (Å²) in [7, 11) is -3.58. The Morgan fingerprint density at radius 3 is 2.44 bits per heavy atom. The summed E-state index contributed by atoms with van der Waals surface area (Å²) in [6.45, 7) is 0.519. The van der Waals surface area contributed by atoms with Gasteiger partial charge in [0.2, 0.25) is 10.0 Å². The summed E-state index contributed by atoms with van der Waals surface area (Å²) < 4.78 is 31.2. The van der Waals surface area contributed by atoms with E-state index >= 15 is 0 Å². The number of carboxylic acid groups (broad SMARTS) is 1. The number of aliphatic carboxylic acids is 1. The van der Waals surface area contributed by atoms with E-state index in [2.05, 4.69) is 4.72 Å². The molecule has 0 unspecified atom stereocenters. The van der Waals surface area contributed by atoms with Crippen LogP contribution in [0.3, 0.4) is 0 Å². The fourth-order valence-electron chi connectivity index (χ4n) is 1.85. The maximum absolute atomic E-state index is 11.8. The predicted octanol–water partition coefficient (Wildman–Crippen LogP) is -0.688. The fourth-order valence-corrected chi connectivity index (χ4v) is 3.40. The van der Waals surface area contributed by atoms with Crippen molar-refractivity contribution in [3.8, 4) is 0 Å². The van der Waals surface area contributed by atoms with Gasteiger partial charge in [0.25, 0.3) is 0 Å². The summed E-state index contributed by atoms with van der Waals surface area (Å²) >= 11 is 0. The van der Waals surface area contributed by atoms with Crippen LogP contribution in [0.5, 0.6) is 0 Å². The quantitative estimate of drug-likeness (QED) is 0.569. The molecule has 0 aromatic heterocycles. The molecule has 106 valence electrons. The van der Waals surface area contributed by atoms with Crippen molar-refractivity contribution in [3.05, 3.63) is 0 Å². The Morgan fingerprint density at radius 2 is 1.94 bits per heavy atom. The zero-order valence-corrected chi connectivity index (χ0v) is 10.9. The van der Waals surface area contributed by atoms with Crippen molar-refractivity contribution in [2.24, 2.45) is 0 Å². The molecule has 1 aliphatic heterocycles. The molecule has 1 fully saturated rings. The molecule has 1 saturated heterocycles. The summed E-state index contributed by atoms with van der Waals surface area (Å²) in [5, 5.41) is 17.8. The minimum Gasteiger partial charge on any atom is -0.481 e. The van der Waals surface area contributed by atoms with Gasteiger partial charge in [0, 0.05) is 19.6 Å². The van der Waals surface area contributed by atoms with Crippen molar-refractivity contribution in [2.45, 2.75) is 31.2 Å². The largest absolute Gasteiger partial charge is 0.481 e. The molecule has 7 nitrogen and oxygen atoms in total. The standard InChI is InChI=1S/C10H19NO6S/c12-8-10(3-5-17-6-4-10)11-18(15,16)7-1-2-9(13)14/h11-12H,1-8H2,(H,13,14). The molecule has 0 spiro atoms. The van der Waals surface area contributed by atoms with E-state index in [0.29, 0.717) is 26.1 Å². The van der Waals surface area contributed by atoms with E-state index in [1.165, 1.54) is 0 Å². The number of aliphatic hydroxyl groups is 1. The second-order valence-corrected chi connectivity index (χ2v) is 6.31. The number of rotatable bonds is 7. The summed E-state index contributed by atoms with van der Waals surface area (Å²) in [4.78, 5) is 10.3. The van der Waals surface area contributed by atoms with Crippen LogP contribution in [0.2, 0.25) is 0 Å². The monoisotopic (exact) mass is 281 g/mol. The molecule has 0 aromatic rings. The lowest BCUT2D eigenvalue weighted by molar-refractivity contribution is -0.137. The Hall–Kier alpha value is -0.700. The van der Waals surface area contributed by atoms with Gasteiger partial charge in [0.05, 0.1) is 17.9 Å². The normalized spacial score (nSPS) is 19.6. The van der Waals surface area contributed by atoms with E-state index in [-0.39, 0.29) is 25.2 Å². The van der Waals surface area contributed by atoms with Crippen molar-refractivity contribution >= 4 is 16.0 Å². The summed E-state index contributed by atoms with van der Waals surface area (Å²) in [5.74, 6) is -1.27. The zero-order valence-electron chi connectivity index (χ0n) is 10.1. The summed E-state index contributed by atoms with van der Waals surface area (Å²) in [6.07, 6.45) is 0.710. The van der Waals surface area contributed by atoms with Gasteiger partial charge in [-0.1, -0.05) is 0 Å². The third kappa shape index (κ3) is 4.89. The second kappa shape index (κ2) is 6.46. The van der Waals surface area contributed by atoms with E-state index in [4.69, 9.17) is 9.84 Å². The smallest absolute Gasteiger partial charge is 0.303 e. The number of hydrogen-bond acceptors (Lipinski definition) is 5. The number of nitrogens with one attached hydrogen (secondary N) is 1. The highest BCUT2D eigenvalue weighted by Crippen LogP contribution is 2.21. The number of ether oxygens (including phenoxy) is 1. The van der Waals surface area contributed by atoms with Crippen LogP contribution >= 0.6 is 0 Å². The van der Waals surface area contributed by atoms with Gasteiger partial charge in [-0.2, -0.15) is 0 Å². The first-order chi connectivity index (χ1) is 8.39. The topological polar surface area (TPSA) is 113 Å². The van der Waals surface area contributed by atoms with E-state index < -0.39 is 21.5 Å². The molecule has 0 atom stereocenters. The van der Waals surface area contributed by atoms with Crippen LogP contribution in [0, 0.1) is 0 Å². The van der Waals surface area contributed by atoms with Crippen molar-refractivity contribution in [1.82, 2.24) is 4.72 Å². The molecule has 0 saturated carbocycles. The lowest BCUT2D eigenvalue weighted by Gasteiger charge is -2.35. The number of sulfonamides is 1. The molecule has 18 heavy (non-hydrogen) atoms. The number of carboxylic acids is 1. The SMILES string of the molecule is O=C(O)CCCS(=O)(=O)NC1(CO)CCOCC1. The lowest BCUT2D eigenvalue weighted by Crippen LogP contribution is -2.55. The Bertz CT molecular complexity index is 374. The van der Waals surface area contributed by atoms with Crippen molar-refractivity contribution in [1.29, 1.82) is 0 Å². The first kappa shape index (κ1) is 15.4. The minimum absolute atomic E-state index is 0.0582. The maximum atomic E-state index is 11.8. The molecule has 8 heteroatoms. The molecular weight excluding hydrogens is 262 g/mol. The van der Waals surface area contributed by atoms with Gasteiger partial charge in [0.1, 0.15) is 0 Å². The summed E-state index contributed by atoms with van der Waals surface area (Å²) in [5.41, 5.74) is -0.861. The molecule has 0 aromatic carbocycles. The Balaban J connectivity index is 2.54. The molecule has 1 aliphatic rings. The van der Waals surface area contributed by atoms with E-state index in [1.807, 2.05) is 0 Å². The molecule has 0 amide bonds. The third-order valence-corrected chi connectivity index (χ3v) is 4.50. The number of aliphatic hydroxyl groups excluding tert-OH is 1. The lowest BCUT2D eigenvalue weighted by atomic mass is 9.93. The van der Waals surface area contributed by atoms with Crippen molar-refractivity contribution in [3.63, 3.8) is 0 Å².